The van der Waals surface area contributed by atoms with E-state index in [0.29, 0.717) is 13.0 Å². The van der Waals surface area contributed by atoms with E-state index in [1.54, 1.807) is 11.8 Å². The van der Waals surface area contributed by atoms with E-state index in [1.165, 1.54) is 0 Å². The molecule has 0 radical (unpaired) electrons. The quantitative estimate of drug-likeness (QED) is 0.694. The minimum absolute atomic E-state index is 0.166. The second kappa shape index (κ2) is 8.57. The van der Waals surface area contributed by atoms with E-state index in [4.69, 9.17) is 0 Å². The predicted octanol–water partition coefficient (Wildman–Crippen LogP) is 2.43. The van der Waals surface area contributed by atoms with Gasteiger partial charge in [-0.15, -0.1) is 0 Å². The largest absolute Gasteiger partial charge is 0.393 e. The minimum atomic E-state index is -0.328. The molecule has 2 atom stereocenters. The van der Waals surface area contributed by atoms with Crippen LogP contribution >= 0.6 is 0 Å². The lowest BCUT2D eigenvalue weighted by molar-refractivity contribution is -0.134. The third-order valence-electron chi connectivity index (χ3n) is 3.01. The van der Waals surface area contributed by atoms with Crippen molar-refractivity contribution in [3.05, 3.63) is 0 Å². The number of aliphatic hydroxyl groups excluding tert-OH is 1. The van der Waals surface area contributed by atoms with Crippen LogP contribution in [0.15, 0.2) is 0 Å². The summed E-state index contributed by atoms with van der Waals surface area (Å²) >= 11 is 0. The van der Waals surface area contributed by atoms with Gasteiger partial charge in [0.15, 0.2) is 0 Å². The van der Waals surface area contributed by atoms with E-state index in [2.05, 4.69) is 13.8 Å². The van der Waals surface area contributed by atoms with Gasteiger partial charge in [-0.05, 0) is 26.2 Å². The monoisotopic (exact) mass is 229 g/mol. The topological polar surface area (TPSA) is 40.5 Å². The van der Waals surface area contributed by atoms with Crippen LogP contribution in [0, 0.1) is 5.92 Å². The summed E-state index contributed by atoms with van der Waals surface area (Å²) in [6.45, 7) is 6.63. The average Bonchev–Trinajstić information content (AvgIpc) is 2.26. The summed E-state index contributed by atoms with van der Waals surface area (Å²) in [5.41, 5.74) is 0. The maximum Gasteiger partial charge on any atom is 0.225 e. The second-order valence-corrected chi connectivity index (χ2v) is 4.64. The Morgan fingerprint density at radius 3 is 2.38 bits per heavy atom. The smallest absolute Gasteiger partial charge is 0.225 e. The van der Waals surface area contributed by atoms with Crippen molar-refractivity contribution in [1.29, 1.82) is 0 Å². The van der Waals surface area contributed by atoms with Gasteiger partial charge < -0.3 is 10.0 Å². The Morgan fingerprint density at radius 1 is 1.31 bits per heavy atom. The molecule has 0 saturated heterocycles. The molecule has 0 aromatic heterocycles. The zero-order chi connectivity index (χ0) is 12.6. The van der Waals surface area contributed by atoms with Crippen LogP contribution < -0.4 is 0 Å². The number of aliphatic hydroxyl groups is 1. The summed E-state index contributed by atoms with van der Waals surface area (Å²) in [7, 11) is 1.83. The minimum Gasteiger partial charge on any atom is -0.393 e. The fraction of sp³-hybridized carbons (Fsp3) is 0.923. The fourth-order valence-electron chi connectivity index (χ4n) is 1.76. The molecule has 0 aromatic rings. The Morgan fingerprint density at radius 2 is 1.94 bits per heavy atom. The van der Waals surface area contributed by atoms with Gasteiger partial charge in [0.2, 0.25) is 5.91 Å². The maximum atomic E-state index is 12.0. The SMILES string of the molecule is CCCCC(CC)C(=O)N(C)CCC(C)O. The molecule has 3 nitrogen and oxygen atoms in total. The Bertz CT molecular complexity index is 192. The molecule has 0 bridgehead atoms. The number of amides is 1. The van der Waals surface area contributed by atoms with Crippen molar-refractivity contribution in [3.8, 4) is 0 Å². The van der Waals surface area contributed by atoms with Gasteiger partial charge in [0.25, 0.3) is 0 Å². The standard InChI is InChI=1S/C13H27NO2/c1-5-7-8-12(6-2)13(16)14(4)10-9-11(3)15/h11-12,15H,5-10H2,1-4H3. The van der Waals surface area contributed by atoms with Gasteiger partial charge in [-0.2, -0.15) is 0 Å². The highest BCUT2D eigenvalue weighted by Crippen LogP contribution is 2.15. The molecule has 3 heteroatoms. The molecule has 0 fully saturated rings. The molecule has 0 saturated carbocycles. The Labute approximate surface area is 99.8 Å². The van der Waals surface area contributed by atoms with Crippen LogP contribution in [0.5, 0.6) is 0 Å². The summed E-state index contributed by atoms with van der Waals surface area (Å²) in [5, 5.41) is 9.18. The molecule has 0 aliphatic rings. The van der Waals surface area contributed by atoms with Crippen molar-refractivity contribution in [3.63, 3.8) is 0 Å². The molecule has 0 rings (SSSR count). The predicted molar refractivity (Wildman–Crippen MR) is 67.2 cm³/mol. The van der Waals surface area contributed by atoms with E-state index < -0.39 is 0 Å². The first kappa shape index (κ1) is 15.4. The van der Waals surface area contributed by atoms with Crippen LogP contribution in [0.3, 0.4) is 0 Å². The molecule has 0 spiro atoms. The number of rotatable bonds is 8. The van der Waals surface area contributed by atoms with Crippen molar-refractivity contribution in [2.45, 2.75) is 59.0 Å². The van der Waals surface area contributed by atoms with Gasteiger partial charge in [0.05, 0.1) is 6.10 Å². The van der Waals surface area contributed by atoms with Gasteiger partial charge in [-0.1, -0.05) is 26.7 Å². The number of carbonyl (C=O) groups excluding carboxylic acids is 1. The maximum absolute atomic E-state index is 12.0. The van der Waals surface area contributed by atoms with Crippen LogP contribution in [0.25, 0.3) is 0 Å². The normalized spacial score (nSPS) is 14.6. The van der Waals surface area contributed by atoms with Crippen LogP contribution in [-0.2, 0) is 4.79 Å². The molecule has 2 unspecified atom stereocenters. The average molecular weight is 229 g/mol. The number of hydrogen-bond acceptors (Lipinski definition) is 2. The van der Waals surface area contributed by atoms with E-state index >= 15 is 0 Å². The first-order valence-electron chi connectivity index (χ1n) is 6.45. The van der Waals surface area contributed by atoms with Gasteiger partial charge in [0, 0.05) is 19.5 Å². The van der Waals surface area contributed by atoms with Crippen LogP contribution in [-0.4, -0.2) is 35.6 Å². The van der Waals surface area contributed by atoms with Gasteiger partial charge in [-0.3, -0.25) is 4.79 Å². The van der Waals surface area contributed by atoms with Crippen molar-refractivity contribution in [2.75, 3.05) is 13.6 Å². The van der Waals surface area contributed by atoms with Crippen molar-refractivity contribution in [2.24, 2.45) is 5.92 Å². The number of nitrogens with zero attached hydrogens (tertiary/aromatic N) is 1. The highest BCUT2D eigenvalue weighted by molar-refractivity contribution is 5.78. The molecule has 16 heavy (non-hydrogen) atoms. The van der Waals surface area contributed by atoms with Gasteiger partial charge in [-0.25, -0.2) is 0 Å². The van der Waals surface area contributed by atoms with Crippen molar-refractivity contribution in [1.82, 2.24) is 4.90 Å². The van der Waals surface area contributed by atoms with Gasteiger partial charge >= 0.3 is 0 Å². The first-order valence-corrected chi connectivity index (χ1v) is 6.45. The Balaban J connectivity index is 4.05. The highest BCUT2D eigenvalue weighted by atomic mass is 16.3. The molecule has 96 valence electrons. The third kappa shape index (κ3) is 6.11. The number of unbranched alkanes of at least 4 members (excludes halogenated alkanes) is 1. The van der Waals surface area contributed by atoms with Crippen molar-refractivity contribution < 1.29 is 9.90 Å². The summed E-state index contributed by atoms with van der Waals surface area (Å²) in [4.78, 5) is 13.8. The molecule has 0 heterocycles. The lowest BCUT2D eigenvalue weighted by Gasteiger charge is -2.23. The van der Waals surface area contributed by atoms with Crippen LogP contribution in [0.1, 0.15) is 52.9 Å². The molecule has 1 N–H and O–H groups in total. The summed E-state index contributed by atoms with van der Waals surface area (Å²) in [6, 6.07) is 0. The summed E-state index contributed by atoms with van der Waals surface area (Å²) in [5.74, 6) is 0.399. The number of carbonyl (C=O) groups is 1. The van der Waals surface area contributed by atoms with Crippen molar-refractivity contribution >= 4 is 5.91 Å². The van der Waals surface area contributed by atoms with Crippen LogP contribution in [0.2, 0.25) is 0 Å². The number of hydrogen-bond donors (Lipinski definition) is 1. The lowest BCUT2D eigenvalue weighted by atomic mass is 9.98. The van der Waals surface area contributed by atoms with E-state index in [-0.39, 0.29) is 17.9 Å². The van der Waals surface area contributed by atoms with Crippen LogP contribution in [0.4, 0.5) is 0 Å². The first-order chi connectivity index (χ1) is 7.52. The molecule has 0 aromatic carbocycles. The lowest BCUT2D eigenvalue weighted by Crippen LogP contribution is -2.34. The second-order valence-electron chi connectivity index (χ2n) is 4.64. The Hall–Kier alpha value is -0.570. The molecule has 0 aliphatic heterocycles. The fourth-order valence-corrected chi connectivity index (χ4v) is 1.76. The molecule has 0 aliphatic carbocycles. The Kier molecular flexibility index (Phi) is 8.26. The zero-order valence-corrected chi connectivity index (χ0v) is 11.2. The molecular formula is C13H27NO2. The van der Waals surface area contributed by atoms with E-state index in [9.17, 15) is 9.90 Å². The highest BCUT2D eigenvalue weighted by Gasteiger charge is 2.19. The van der Waals surface area contributed by atoms with Gasteiger partial charge in [0.1, 0.15) is 0 Å². The van der Waals surface area contributed by atoms with E-state index in [1.807, 2.05) is 7.05 Å². The third-order valence-corrected chi connectivity index (χ3v) is 3.01. The zero-order valence-electron chi connectivity index (χ0n) is 11.2. The molecule has 1 amide bonds. The summed E-state index contributed by atoms with van der Waals surface area (Å²) < 4.78 is 0. The molecular weight excluding hydrogens is 202 g/mol. The van der Waals surface area contributed by atoms with E-state index in [0.717, 1.165) is 25.7 Å². The summed E-state index contributed by atoms with van der Waals surface area (Å²) in [6.07, 6.45) is 4.50.